The van der Waals surface area contributed by atoms with Gasteiger partial charge in [-0.25, -0.2) is 4.79 Å². The maximum Gasteiger partial charge on any atom is 0.415 e. The van der Waals surface area contributed by atoms with E-state index in [2.05, 4.69) is 0 Å². The molecule has 2 rings (SSSR count). The SMILES string of the molecule is CC(C)Oc1ccccc1N1CC(C)(CN)OC1=O. The van der Waals surface area contributed by atoms with Gasteiger partial charge in [0.1, 0.15) is 11.4 Å². The highest BCUT2D eigenvalue weighted by Crippen LogP contribution is 2.34. The van der Waals surface area contributed by atoms with Gasteiger partial charge in [0.05, 0.1) is 18.3 Å². The third-order valence-corrected chi connectivity index (χ3v) is 3.00. The number of hydrogen-bond donors (Lipinski definition) is 1. The zero-order valence-corrected chi connectivity index (χ0v) is 11.6. The number of carbonyl (C=O) groups excluding carboxylic acids is 1. The molecule has 1 unspecified atom stereocenters. The quantitative estimate of drug-likeness (QED) is 0.905. The fraction of sp³-hybridized carbons (Fsp3) is 0.500. The number of anilines is 1. The molecule has 1 aliphatic heterocycles. The minimum atomic E-state index is -0.637. The third kappa shape index (κ3) is 2.81. The highest BCUT2D eigenvalue weighted by molar-refractivity contribution is 5.92. The first-order valence-corrected chi connectivity index (χ1v) is 6.41. The average Bonchev–Trinajstić information content (AvgIpc) is 2.66. The van der Waals surface area contributed by atoms with Gasteiger partial charge in [0.2, 0.25) is 0 Å². The molecule has 1 atom stereocenters. The third-order valence-electron chi connectivity index (χ3n) is 3.00. The van der Waals surface area contributed by atoms with E-state index in [9.17, 15) is 4.79 Å². The summed E-state index contributed by atoms with van der Waals surface area (Å²) >= 11 is 0. The summed E-state index contributed by atoms with van der Waals surface area (Å²) in [5, 5.41) is 0. The Morgan fingerprint density at radius 1 is 1.47 bits per heavy atom. The molecule has 1 aromatic carbocycles. The summed E-state index contributed by atoms with van der Waals surface area (Å²) in [4.78, 5) is 13.6. The second-order valence-electron chi connectivity index (χ2n) is 5.24. The largest absolute Gasteiger partial charge is 0.489 e. The number of para-hydroxylation sites is 2. The van der Waals surface area contributed by atoms with Gasteiger partial charge in [0.25, 0.3) is 0 Å². The molecule has 104 valence electrons. The second-order valence-corrected chi connectivity index (χ2v) is 5.24. The molecule has 0 saturated carbocycles. The lowest BCUT2D eigenvalue weighted by atomic mass is 10.1. The standard InChI is InChI=1S/C14H20N2O3/c1-10(2)18-12-7-5-4-6-11(12)16-9-14(3,8-15)19-13(16)17/h4-7,10H,8-9,15H2,1-3H3. The van der Waals surface area contributed by atoms with Crippen molar-refractivity contribution in [3.63, 3.8) is 0 Å². The Balaban J connectivity index is 2.30. The van der Waals surface area contributed by atoms with Gasteiger partial charge in [-0.1, -0.05) is 12.1 Å². The van der Waals surface area contributed by atoms with E-state index in [0.29, 0.717) is 18.8 Å². The molecule has 0 radical (unpaired) electrons. The average molecular weight is 264 g/mol. The summed E-state index contributed by atoms with van der Waals surface area (Å²) in [5.74, 6) is 0.677. The highest BCUT2D eigenvalue weighted by atomic mass is 16.6. The Bertz CT molecular complexity index is 476. The molecule has 1 aromatic rings. The highest BCUT2D eigenvalue weighted by Gasteiger charge is 2.42. The summed E-state index contributed by atoms with van der Waals surface area (Å²) in [7, 11) is 0. The van der Waals surface area contributed by atoms with Crippen LogP contribution in [0.15, 0.2) is 24.3 Å². The summed E-state index contributed by atoms with van der Waals surface area (Å²) in [6.07, 6.45) is -0.339. The maximum atomic E-state index is 12.0. The number of nitrogens with two attached hydrogens (primary N) is 1. The molecule has 0 spiro atoms. The monoisotopic (exact) mass is 264 g/mol. The molecular formula is C14H20N2O3. The predicted octanol–water partition coefficient (Wildman–Crippen LogP) is 2.15. The van der Waals surface area contributed by atoms with Crippen LogP contribution >= 0.6 is 0 Å². The van der Waals surface area contributed by atoms with Crippen molar-refractivity contribution >= 4 is 11.8 Å². The van der Waals surface area contributed by atoms with E-state index >= 15 is 0 Å². The van der Waals surface area contributed by atoms with Crippen molar-refractivity contribution in [1.29, 1.82) is 0 Å². The van der Waals surface area contributed by atoms with E-state index in [-0.39, 0.29) is 12.2 Å². The first-order valence-electron chi connectivity index (χ1n) is 6.41. The van der Waals surface area contributed by atoms with Crippen LogP contribution in [0.5, 0.6) is 5.75 Å². The van der Waals surface area contributed by atoms with Crippen LogP contribution in [0.25, 0.3) is 0 Å². The second kappa shape index (κ2) is 5.09. The first kappa shape index (κ1) is 13.7. The van der Waals surface area contributed by atoms with Gasteiger partial charge >= 0.3 is 6.09 Å². The van der Waals surface area contributed by atoms with Crippen molar-refractivity contribution in [2.45, 2.75) is 32.5 Å². The zero-order chi connectivity index (χ0) is 14.0. The molecule has 0 aromatic heterocycles. The van der Waals surface area contributed by atoms with Crippen molar-refractivity contribution in [3.8, 4) is 5.75 Å². The molecule has 2 N–H and O–H groups in total. The van der Waals surface area contributed by atoms with Crippen molar-refractivity contribution in [2.24, 2.45) is 5.73 Å². The van der Waals surface area contributed by atoms with E-state index in [1.807, 2.05) is 45.0 Å². The van der Waals surface area contributed by atoms with Crippen molar-refractivity contribution < 1.29 is 14.3 Å². The van der Waals surface area contributed by atoms with Gasteiger partial charge < -0.3 is 15.2 Å². The molecule has 1 heterocycles. The van der Waals surface area contributed by atoms with Crippen molar-refractivity contribution in [3.05, 3.63) is 24.3 Å². The van der Waals surface area contributed by atoms with Crippen LogP contribution in [-0.4, -0.2) is 30.9 Å². The summed E-state index contributed by atoms with van der Waals surface area (Å²) in [6, 6.07) is 7.45. The van der Waals surface area contributed by atoms with Gasteiger partial charge in [0, 0.05) is 6.54 Å². The molecule has 5 heteroatoms. The molecule has 19 heavy (non-hydrogen) atoms. The predicted molar refractivity (Wildman–Crippen MR) is 73.5 cm³/mol. The Morgan fingerprint density at radius 2 is 2.16 bits per heavy atom. The maximum absolute atomic E-state index is 12.0. The van der Waals surface area contributed by atoms with Crippen molar-refractivity contribution in [1.82, 2.24) is 0 Å². The number of benzene rings is 1. The van der Waals surface area contributed by atoms with Crippen LogP contribution in [0, 0.1) is 0 Å². The van der Waals surface area contributed by atoms with Crippen LogP contribution in [-0.2, 0) is 4.74 Å². The van der Waals surface area contributed by atoms with Crippen LogP contribution < -0.4 is 15.4 Å². The summed E-state index contributed by atoms with van der Waals surface area (Å²) < 4.78 is 11.1. The minimum absolute atomic E-state index is 0.0423. The number of rotatable bonds is 4. The zero-order valence-electron chi connectivity index (χ0n) is 11.6. The van der Waals surface area contributed by atoms with Crippen molar-refractivity contribution in [2.75, 3.05) is 18.0 Å². The molecule has 5 nitrogen and oxygen atoms in total. The summed E-state index contributed by atoms with van der Waals surface area (Å²) in [5.41, 5.74) is 5.74. The lowest BCUT2D eigenvalue weighted by Gasteiger charge is -2.21. The van der Waals surface area contributed by atoms with Gasteiger partial charge in [0.15, 0.2) is 0 Å². The lowest BCUT2D eigenvalue weighted by molar-refractivity contribution is 0.0789. The topological polar surface area (TPSA) is 64.8 Å². The first-order chi connectivity index (χ1) is 8.95. The Labute approximate surface area is 113 Å². The van der Waals surface area contributed by atoms with Gasteiger partial charge in [-0.15, -0.1) is 0 Å². The van der Waals surface area contributed by atoms with Crippen LogP contribution in [0.4, 0.5) is 10.5 Å². The summed E-state index contributed by atoms with van der Waals surface area (Å²) in [6.45, 7) is 6.45. The molecule has 0 aliphatic carbocycles. The van der Waals surface area contributed by atoms with E-state index in [0.717, 1.165) is 5.69 Å². The molecule has 1 fully saturated rings. The lowest BCUT2D eigenvalue weighted by Crippen LogP contribution is -2.38. The normalized spacial score (nSPS) is 22.8. The number of hydrogen-bond acceptors (Lipinski definition) is 4. The number of nitrogens with zero attached hydrogens (tertiary/aromatic N) is 1. The van der Waals surface area contributed by atoms with Gasteiger partial charge in [-0.3, -0.25) is 4.90 Å². The fourth-order valence-electron chi connectivity index (χ4n) is 2.02. The van der Waals surface area contributed by atoms with Gasteiger partial charge in [-0.2, -0.15) is 0 Å². The Morgan fingerprint density at radius 3 is 2.74 bits per heavy atom. The molecule has 1 aliphatic rings. The molecular weight excluding hydrogens is 244 g/mol. The number of amides is 1. The minimum Gasteiger partial charge on any atom is -0.489 e. The van der Waals surface area contributed by atoms with E-state index < -0.39 is 5.60 Å². The van der Waals surface area contributed by atoms with Gasteiger partial charge in [-0.05, 0) is 32.9 Å². The molecule has 0 bridgehead atoms. The van der Waals surface area contributed by atoms with Crippen LogP contribution in [0.3, 0.4) is 0 Å². The Kier molecular flexibility index (Phi) is 3.66. The van der Waals surface area contributed by atoms with Crippen LogP contribution in [0.1, 0.15) is 20.8 Å². The van der Waals surface area contributed by atoms with E-state index in [1.54, 1.807) is 4.90 Å². The van der Waals surface area contributed by atoms with E-state index in [1.165, 1.54) is 0 Å². The Hall–Kier alpha value is -1.75. The number of cyclic esters (lactones) is 1. The molecule has 1 saturated heterocycles. The smallest absolute Gasteiger partial charge is 0.415 e. The van der Waals surface area contributed by atoms with E-state index in [4.69, 9.17) is 15.2 Å². The number of carbonyl (C=O) groups is 1. The molecule has 1 amide bonds. The number of ether oxygens (including phenoxy) is 2. The van der Waals surface area contributed by atoms with Crippen LogP contribution in [0.2, 0.25) is 0 Å². The fourth-order valence-corrected chi connectivity index (χ4v) is 2.02.